The summed E-state index contributed by atoms with van der Waals surface area (Å²) >= 11 is 1.29. The number of aromatic amines is 1. The minimum absolute atomic E-state index is 0.217. The average Bonchev–Trinajstić information content (AvgIpc) is 3.15. The van der Waals surface area contributed by atoms with Gasteiger partial charge in [-0.1, -0.05) is 0 Å². The number of amides is 2. The average molecular weight is 343 g/mol. The first-order valence-corrected chi connectivity index (χ1v) is 8.39. The molecule has 116 valence electrons. The number of carbonyl (C=O) groups excluding carboxylic acids is 1. The van der Waals surface area contributed by atoms with Gasteiger partial charge in [0.15, 0.2) is 0 Å². The number of hydrogen-bond acceptors (Lipinski definition) is 7. The summed E-state index contributed by atoms with van der Waals surface area (Å²) in [5.74, 6) is 0.521. The second kappa shape index (κ2) is 4.49. The number of carbonyl (C=O) groups is 1. The molecule has 0 spiro atoms. The van der Waals surface area contributed by atoms with Crippen molar-refractivity contribution in [2.24, 2.45) is 0 Å². The Kier molecular flexibility index (Phi) is 2.78. The topological polar surface area (TPSA) is 129 Å². The molecule has 10 nitrogen and oxygen atoms in total. The molecule has 2 atom stereocenters. The van der Waals surface area contributed by atoms with Gasteiger partial charge in [0.25, 0.3) is 0 Å². The molecular weight excluding hydrogens is 334 g/mol. The Morgan fingerprint density at radius 3 is 2.95 bits per heavy atom. The van der Waals surface area contributed by atoms with Crippen LogP contribution < -0.4 is 0 Å². The Morgan fingerprint density at radius 1 is 1.45 bits per heavy atom. The van der Waals surface area contributed by atoms with Crippen LogP contribution in [0.3, 0.4) is 0 Å². The molecule has 2 aromatic heterocycles. The fourth-order valence-corrected chi connectivity index (χ4v) is 4.02. The molecule has 0 radical (unpaired) electrons. The molecule has 2 aliphatic heterocycles. The molecule has 2 aromatic rings. The molecular formula is C10H9N5O5S2. The first-order chi connectivity index (χ1) is 10.5. The van der Waals surface area contributed by atoms with Crippen molar-refractivity contribution >= 4 is 27.8 Å². The van der Waals surface area contributed by atoms with E-state index in [1.165, 1.54) is 16.2 Å². The molecule has 2 aliphatic rings. The van der Waals surface area contributed by atoms with Crippen LogP contribution in [0, 0.1) is 0 Å². The zero-order chi connectivity index (χ0) is 15.5. The summed E-state index contributed by atoms with van der Waals surface area (Å²) in [4.78, 5) is 25.9. The van der Waals surface area contributed by atoms with Crippen molar-refractivity contribution in [3.63, 3.8) is 0 Å². The minimum Gasteiger partial charge on any atom is -0.347 e. The largest absolute Gasteiger partial charge is 0.418 e. The van der Waals surface area contributed by atoms with Gasteiger partial charge in [-0.05, 0) is 0 Å². The quantitative estimate of drug-likeness (QED) is 0.776. The van der Waals surface area contributed by atoms with Crippen LogP contribution in [0.15, 0.2) is 17.9 Å². The van der Waals surface area contributed by atoms with E-state index >= 15 is 0 Å². The molecule has 0 aromatic carbocycles. The van der Waals surface area contributed by atoms with E-state index in [0.717, 1.165) is 0 Å². The molecule has 4 rings (SSSR count). The van der Waals surface area contributed by atoms with Crippen molar-refractivity contribution in [2.75, 3.05) is 6.54 Å². The van der Waals surface area contributed by atoms with Crippen LogP contribution in [-0.2, 0) is 14.7 Å². The normalized spacial score (nSPS) is 24.0. The summed E-state index contributed by atoms with van der Waals surface area (Å²) in [7, 11) is -4.80. The molecule has 1 fully saturated rings. The Hall–Kier alpha value is -2.02. The van der Waals surface area contributed by atoms with E-state index in [2.05, 4.69) is 19.2 Å². The summed E-state index contributed by atoms with van der Waals surface area (Å²) in [5, 5.41) is 0.662. The zero-order valence-corrected chi connectivity index (χ0v) is 12.4. The van der Waals surface area contributed by atoms with Crippen LogP contribution in [0.25, 0.3) is 0 Å². The van der Waals surface area contributed by atoms with E-state index < -0.39 is 28.5 Å². The molecule has 0 aliphatic carbocycles. The Bertz CT molecular complexity index is 832. The first kappa shape index (κ1) is 13.6. The van der Waals surface area contributed by atoms with E-state index in [0.29, 0.717) is 21.5 Å². The van der Waals surface area contributed by atoms with Crippen molar-refractivity contribution in [1.82, 2.24) is 24.9 Å². The summed E-state index contributed by atoms with van der Waals surface area (Å²) in [6, 6.07) is -1.85. The van der Waals surface area contributed by atoms with E-state index in [-0.39, 0.29) is 6.54 Å². The number of aromatic nitrogens is 3. The summed E-state index contributed by atoms with van der Waals surface area (Å²) < 4.78 is 35.3. The number of H-pyrrole nitrogens is 1. The zero-order valence-electron chi connectivity index (χ0n) is 10.8. The fourth-order valence-electron chi connectivity index (χ4n) is 2.76. The third-order valence-corrected chi connectivity index (χ3v) is 4.83. The van der Waals surface area contributed by atoms with Crippen LogP contribution >= 0.6 is 11.3 Å². The third-order valence-electron chi connectivity index (χ3n) is 3.54. The fraction of sp³-hybridized carbons (Fsp3) is 0.300. The van der Waals surface area contributed by atoms with Crippen LogP contribution in [0.1, 0.15) is 28.5 Å². The van der Waals surface area contributed by atoms with Gasteiger partial charge in [0.1, 0.15) is 17.9 Å². The maximum Gasteiger partial charge on any atom is 0.418 e. The summed E-state index contributed by atoms with van der Waals surface area (Å²) in [5.41, 5.74) is 2.23. The van der Waals surface area contributed by atoms with Crippen molar-refractivity contribution in [1.29, 1.82) is 0 Å². The van der Waals surface area contributed by atoms with Crippen LogP contribution in [0.5, 0.6) is 0 Å². The van der Waals surface area contributed by atoms with Gasteiger partial charge in [-0.15, -0.1) is 15.6 Å². The Balaban J connectivity index is 1.82. The standard InChI is InChI=1S/C10H9N5O5S2/c16-10-14-3-5(15(10)20-22(17,18)19)8-6(13-4-21-8)7(14)9-11-1-2-12-9/h1-2,4-5,7H,3H2,(H,11,12)(H,17,18,19)/t5-,7-/m0/s1. The molecule has 12 heteroatoms. The monoisotopic (exact) mass is 343 g/mol. The maximum atomic E-state index is 12.4. The number of imidazole rings is 1. The van der Waals surface area contributed by atoms with Gasteiger partial charge in [0.05, 0.1) is 22.6 Å². The highest BCUT2D eigenvalue weighted by Crippen LogP contribution is 2.46. The van der Waals surface area contributed by atoms with E-state index in [9.17, 15) is 13.2 Å². The van der Waals surface area contributed by atoms with Crippen molar-refractivity contribution in [3.8, 4) is 0 Å². The molecule has 1 saturated heterocycles. The van der Waals surface area contributed by atoms with E-state index in [4.69, 9.17) is 4.55 Å². The molecule has 0 unspecified atom stereocenters. The van der Waals surface area contributed by atoms with Crippen molar-refractivity contribution in [3.05, 3.63) is 34.3 Å². The molecule has 0 saturated carbocycles. The predicted octanol–water partition coefficient (Wildman–Crippen LogP) is 0.482. The number of fused-ring (bicyclic) bond motifs is 4. The Labute approximate surface area is 128 Å². The molecule has 4 heterocycles. The maximum absolute atomic E-state index is 12.4. The van der Waals surface area contributed by atoms with Gasteiger partial charge in [-0.3, -0.25) is 4.55 Å². The number of urea groups is 1. The molecule has 22 heavy (non-hydrogen) atoms. The van der Waals surface area contributed by atoms with Gasteiger partial charge in [-0.2, -0.15) is 13.5 Å². The SMILES string of the molecule is O=C1N2C[C@@H](c3scnc3[C@H]2c2ncc[nH]2)N1OS(=O)(=O)O. The minimum atomic E-state index is -4.80. The van der Waals surface area contributed by atoms with Crippen LogP contribution in [-0.4, -0.2) is 50.5 Å². The van der Waals surface area contributed by atoms with Gasteiger partial charge in [-0.25, -0.2) is 14.8 Å². The second-order valence-corrected chi connectivity index (χ2v) is 6.65. The van der Waals surface area contributed by atoms with E-state index in [1.807, 2.05) is 0 Å². The number of nitrogens with zero attached hydrogens (tertiary/aromatic N) is 4. The third kappa shape index (κ3) is 1.92. The van der Waals surface area contributed by atoms with Crippen LogP contribution in [0.2, 0.25) is 0 Å². The number of rotatable bonds is 3. The van der Waals surface area contributed by atoms with Crippen LogP contribution in [0.4, 0.5) is 4.79 Å². The van der Waals surface area contributed by atoms with Gasteiger partial charge >= 0.3 is 16.4 Å². The summed E-state index contributed by atoms with van der Waals surface area (Å²) in [6.45, 7) is 0.217. The number of hydroxylamine groups is 2. The van der Waals surface area contributed by atoms with Gasteiger partial charge in [0.2, 0.25) is 0 Å². The predicted molar refractivity (Wildman–Crippen MR) is 71.9 cm³/mol. The molecule has 2 amide bonds. The number of hydrogen-bond donors (Lipinski definition) is 2. The summed E-state index contributed by atoms with van der Waals surface area (Å²) in [6.07, 6.45) is 3.18. The lowest BCUT2D eigenvalue weighted by Crippen LogP contribution is -2.36. The highest BCUT2D eigenvalue weighted by atomic mass is 32.3. The second-order valence-electron chi connectivity index (χ2n) is 4.76. The molecule has 2 N–H and O–H groups in total. The van der Waals surface area contributed by atoms with E-state index in [1.54, 1.807) is 17.9 Å². The lowest BCUT2D eigenvalue weighted by Gasteiger charge is -2.27. The highest BCUT2D eigenvalue weighted by molar-refractivity contribution is 7.80. The smallest absolute Gasteiger partial charge is 0.347 e. The van der Waals surface area contributed by atoms with Gasteiger partial charge < -0.3 is 9.88 Å². The Morgan fingerprint density at radius 2 is 2.27 bits per heavy atom. The van der Waals surface area contributed by atoms with Crippen molar-refractivity contribution < 1.29 is 22.0 Å². The number of thiazole rings is 1. The first-order valence-electron chi connectivity index (χ1n) is 6.15. The molecule has 2 bridgehead atoms. The number of nitrogens with one attached hydrogen (secondary N) is 1. The lowest BCUT2D eigenvalue weighted by atomic mass is 10.0. The van der Waals surface area contributed by atoms with Crippen molar-refractivity contribution in [2.45, 2.75) is 12.1 Å². The highest BCUT2D eigenvalue weighted by Gasteiger charge is 2.52. The lowest BCUT2D eigenvalue weighted by molar-refractivity contribution is -0.0308. The van der Waals surface area contributed by atoms with Gasteiger partial charge in [0, 0.05) is 12.4 Å².